The van der Waals surface area contributed by atoms with Crippen LogP contribution in [0, 0.1) is 0 Å². The molecule has 6 heteroatoms. The lowest BCUT2D eigenvalue weighted by Crippen LogP contribution is -2.25. The molecule has 2 rings (SSSR count). The van der Waals surface area contributed by atoms with Crippen molar-refractivity contribution < 1.29 is 19.0 Å². The van der Waals surface area contributed by atoms with E-state index in [4.69, 9.17) is 25.8 Å². The highest BCUT2D eigenvalue weighted by atomic mass is 35.5. The van der Waals surface area contributed by atoms with Gasteiger partial charge in [-0.05, 0) is 24.1 Å². The minimum atomic E-state index is -0.217. The zero-order chi connectivity index (χ0) is 18.1. The number of nitrogens with one attached hydrogen (secondary N) is 1. The van der Waals surface area contributed by atoms with Crippen LogP contribution in [0.25, 0.3) is 0 Å². The smallest absolute Gasteiger partial charge is 0.251 e. The normalized spacial score (nSPS) is 10.4. The second-order valence-electron chi connectivity index (χ2n) is 5.37. The third kappa shape index (κ3) is 5.66. The van der Waals surface area contributed by atoms with Gasteiger partial charge in [0.15, 0.2) is 11.5 Å². The first kappa shape index (κ1) is 19.1. The van der Waals surface area contributed by atoms with E-state index in [0.717, 1.165) is 12.0 Å². The van der Waals surface area contributed by atoms with Gasteiger partial charge in [-0.25, -0.2) is 0 Å². The van der Waals surface area contributed by atoms with E-state index in [-0.39, 0.29) is 5.91 Å². The van der Waals surface area contributed by atoms with Crippen molar-refractivity contribution in [3.8, 4) is 11.5 Å². The first-order chi connectivity index (χ1) is 12.2. The minimum Gasteiger partial charge on any atom is -0.493 e. The van der Waals surface area contributed by atoms with Crippen molar-refractivity contribution in [2.45, 2.75) is 13.0 Å². The largest absolute Gasteiger partial charge is 0.493 e. The number of benzene rings is 2. The number of ether oxygens (including phenoxy) is 3. The highest BCUT2D eigenvalue weighted by Gasteiger charge is 2.16. The van der Waals surface area contributed by atoms with Gasteiger partial charge in [0.05, 0.1) is 12.1 Å². The molecule has 0 unspecified atom stereocenters. The van der Waals surface area contributed by atoms with E-state index in [2.05, 4.69) is 5.32 Å². The molecule has 5 nitrogen and oxygen atoms in total. The SMILES string of the molecule is COCCCNC(=O)c1cc(Cl)c(OCc2ccccc2)c(OC)c1. The molecule has 2 aromatic rings. The molecule has 0 aliphatic rings. The Morgan fingerprint density at radius 3 is 2.60 bits per heavy atom. The molecule has 2 aromatic carbocycles. The van der Waals surface area contributed by atoms with Crippen molar-refractivity contribution >= 4 is 17.5 Å². The van der Waals surface area contributed by atoms with Crippen LogP contribution in [-0.4, -0.2) is 33.3 Å². The van der Waals surface area contributed by atoms with Gasteiger partial charge in [0, 0.05) is 25.8 Å². The zero-order valence-electron chi connectivity index (χ0n) is 14.4. The molecule has 0 spiro atoms. The molecule has 134 valence electrons. The van der Waals surface area contributed by atoms with E-state index in [1.165, 1.54) is 7.11 Å². The number of rotatable bonds is 9. The fraction of sp³-hybridized carbons (Fsp3) is 0.316. The number of carbonyl (C=O) groups is 1. The summed E-state index contributed by atoms with van der Waals surface area (Å²) in [5, 5.41) is 3.15. The summed E-state index contributed by atoms with van der Waals surface area (Å²) in [6.07, 6.45) is 0.741. The average molecular weight is 364 g/mol. The number of hydrogen-bond acceptors (Lipinski definition) is 4. The Labute approximate surface area is 152 Å². The molecule has 0 atom stereocenters. The van der Waals surface area contributed by atoms with Crippen molar-refractivity contribution in [2.24, 2.45) is 0 Å². The third-order valence-corrected chi connectivity index (χ3v) is 3.81. The van der Waals surface area contributed by atoms with E-state index >= 15 is 0 Å². The van der Waals surface area contributed by atoms with Crippen molar-refractivity contribution in [3.05, 3.63) is 58.6 Å². The van der Waals surface area contributed by atoms with Gasteiger partial charge < -0.3 is 19.5 Å². The molecule has 0 fully saturated rings. The van der Waals surface area contributed by atoms with E-state index in [1.54, 1.807) is 19.2 Å². The van der Waals surface area contributed by atoms with Crippen LogP contribution in [0.15, 0.2) is 42.5 Å². The van der Waals surface area contributed by atoms with Gasteiger partial charge in [0.1, 0.15) is 6.61 Å². The van der Waals surface area contributed by atoms with Crippen molar-refractivity contribution in [1.82, 2.24) is 5.32 Å². The molecule has 0 saturated heterocycles. The molecule has 25 heavy (non-hydrogen) atoms. The Kier molecular flexibility index (Phi) is 7.57. The number of amides is 1. The molecule has 1 amide bonds. The van der Waals surface area contributed by atoms with Crippen LogP contribution in [0.1, 0.15) is 22.3 Å². The summed E-state index contributed by atoms with van der Waals surface area (Å²) in [7, 11) is 3.14. The molecular weight excluding hydrogens is 342 g/mol. The fourth-order valence-corrected chi connectivity index (χ4v) is 2.51. The molecule has 0 aliphatic carbocycles. The summed E-state index contributed by atoms with van der Waals surface area (Å²) in [5.41, 5.74) is 1.44. The fourth-order valence-electron chi connectivity index (χ4n) is 2.24. The van der Waals surface area contributed by atoms with Crippen LogP contribution < -0.4 is 14.8 Å². The Hall–Kier alpha value is -2.24. The second-order valence-corrected chi connectivity index (χ2v) is 5.77. The Morgan fingerprint density at radius 1 is 1.16 bits per heavy atom. The molecule has 1 N–H and O–H groups in total. The maximum Gasteiger partial charge on any atom is 0.251 e. The number of methoxy groups -OCH3 is 2. The van der Waals surface area contributed by atoms with Gasteiger partial charge in [-0.1, -0.05) is 41.9 Å². The minimum absolute atomic E-state index is 0.217. The first-order valence-electron chi connectivity index (χ1n) is 7.97. The lowest BCUT2D eigenvalue weighted by Gasteiger charge is -2.14. The van der Waals surface area contributed by atoms with Gasteiger partial charge in [-0.15, -0.1) is 0 Å². The highest BCUT2D eigenvalue weighted by Crippen LogP contribution is 2.37. The molecular formula is C19H22ClNO4. The zero-order valence-corrected chi connectivity index (χ0v) is 15.1. The number of halogens is 1. The van der Waals surface area contributed by atoms with E-state index in [0.29, 0.717) is 41.8 Å². The molecule has 0 bridgehead atoms. The molecule has 0 radical (unpaired) electrons. The monoisotopic (exact) mass is 363 g/mol. The number of carbonyl (C=O) groups excluding carboxylic acids is 1. The van der Waals surface area contributed by atoms with Crippen molar-refractivity contribution in [2.75, 3.05) is 27.4 Å². The predicted octanol–water partition coefficient (Wildman–Crippen LogP) is 3.69. The van der Waals surface area contributed by atoms with Gasteiger partial charge >= 0.3 is 0 Å². The molecule has 0 aliphatic heterocycles. The van der Waals surface area contributed by atoms with Crippen LogP contribution in [0.4, 0.5) is 0 Å². The maximum atomic E-state index is 12.2. The van der Waals surface area contributed by atoms with Crippen LogP contribution in [-0.2, 0) is 11.3 Å². The second kappa shape index (κ2) is 9.91. The molecule has 0 aromatic heterocycles. The van der Waals surface area contributed by atoms with Crippen molar-refractivity contribution in [3.63, 3.8) is 0 Å². The van der Waals surface area contributed by atoms with Gasteiger partial charge in [-0.3, -0.25) is 4.79 Å². The third-order valence-electron chi connectivity index (χ3n) is 3.53. The summed E-state index contributed by atoms with van der Waals surface area (Å²) in [6.45, 7) is 1.48. The Balaban J connectivity index is 2.07. The summed E-state index contributed by atoms with van der Waals surface area (Å²) in [6, 6.07) is 12.9. The lowest BCUT2D eigenvalue weighted by molar-refractivity contribution is 0.0948. The summed E-state index contributed by atoms with van der Waals surface area (Å²) >= 11 is 6.30. The van der Waals surface area contributed by atoms with Gasteiger partial charge in [-0.2, -0.15) is 0 Å². The standard InChI is InChI=1S/C19H22ClNO4/c1-23-10-6-9-21-19(22)15-11-16(20)18(17(12-15)24-2)25-13-14-7-4-3-5-8-14/h3-5,7-8,11-12H,6,9-10,13H2,1-2H3,(H,21,22). The van der Waals surface area contributed by atoms with Crippen LogP contribution in [0.2, 0.25) is 5.02 Å². The Morgan fingerprint density at radius 2 is 1.92 bits per heavy atom. The highest BCUT2D eigenvalue weighted by molar-refractivity contribution is 6.32. The van der Waals surface area contributed by atoms with Gasteiger partial charge in [0.25, 0.3) is 5.91 Å². The van der Waals surface area contributed by atoms with Crippen LogP contribution >= 0.6 is 11.6 Å². The van der Waals surface area contributed by atoms with E-state index in [1.807, 2.05) is 30.3 Å². The van der Waals surface area contributed by atoms with Crippen molar-refractivity contribution in [1.29, 1.82) is 0 Å². The first-order valence-corrected chi connectivity index (χ1v) is 8.35. The van der Waals surface area contributed by atoms with E-state index < -0.39 is 0 Å². The Bertz CT molecular complexity index is 691. The summed E-state index contributed by atoms with van der Waals surface area (Å²) < 4.78 is 16.1. The average Bonchev–Trinajstić information content (AvgIpc) is 2.64. The number of hydrogen-bond donors (Lipinski definition) is 1. The molecule has 0 heterocycles. The molecule has 0 saturated carbocycles. The predicted molar refractivity (Wildman–Crippen MR) is 97.6 cm³/mol. The summed E-state index contributed by atoms with van der Waals surface area (Å²) in [5.74, 6) is 0.625. The van der Waals surface area contributed by atoms with E-state index in [9.17, 15) is 4.79 Å². The lowest BCUT2D eigenvalue weighted by atomic mass is 10.1. The summed E-state index contributed by atoms with van der Waals surface area (Å²) in [4.78, 5) is 12.2. The quantitative estimate of drug-likeness (QED) is 0.690. The van der Waals surface area contributed by atoms with Gasteiger partial charge in [0.2, 0.25) is 0 Å². The topological polar surface area (TPSA) is 56.8 Å². The maximum absolute atomic E-state index is 12.2. The van der Waals surface area contributed by atoms with Crippen LogP contribution in [0.5, 0.6) is 11.5 Å². The van der Waals surface area contributed by atoms with Crippen LogP contribution in [0.3, 0.4) is 0 Å².